The topological polar surface area (TPSA) is 44.8 Å². The molecule has 3 aromatic carbocycles. The van der Waals surface area contributed by atoms with Crippen molar-refractivity contribution in [2.45, 2.75) is 26.4 Å². The van der Waals surface area contributed by atoms with Gasteiger partial charge in [0.25, 0.3) is 0 Å². The Bertz CT molecular complexity index is 899. The molecule has 0 saturated carbocycles. The summed E-state index contributed by atoms with van der Waals surface area (Å²) in [6.07, 6.45) is 1.04. The number of carbonyl (C=O) groups excluding carboxylic acids is 1. The lowest BCUT2D eigenvalue weighted by Crippen LogP contribution is -2.02. The molecular weight excluding hydrogens is 352 g/mol. The van der Waals surface area contributed by atoms with Gasteiger partial charge in [0, 0.05) is 6.42 Å². The van der Waals surface area contributed by atoms with Crippen molar-refractivity contribution in [3.8, 4) is 17.2 Å². The molecule has 0 saturated heterocycles. The van der Waals surface area contributed by atoms with E-state index in [1.807, 2.05) is 79.7 Å². The second-order valence-corrected chi connectivity index (χ2v) is 6.52. The highest BCUT2D eigenvalue weighted by Crippen LogP contribution is 2.25. The van der Waals surface area contributed by atoms with Crippen LogP contribution >= 0.6 is 0 Å². The second-order valence-electron chi connectivity index (χ2n) is 6.52. The summed E-state index contributed by atoms with van der Waals surface area (Å²) in [5.41, 5.74) is 3.24. The van der Waals surface area contributed by atoms with Gasteiger partial charge in [-0.25, -0.2) is 0 Å². The highest BCUT2D eigenvalue weighted by atomic mass is 16.5. The Labute approximate surface area is 165 Å². The Kier molecular flexibility index (Phi) is 6.68. The lowest BCUT2D eigenvalue weighted by atomic mass is 10.1. The monoisotopic (exact) mass is 376 g/mol. The number of para-hydroxylation sites is 1. The van der Waals surface area contributed by atoms with E-state index >= 15 is 0 Å². The van der Waals surface area contributed by atoms with Crippen LogP contribution in [-0.2, 0) is 22.6 Å². The van der Waals surface area contributed by atoms with Crippen LogP contribution in [0.4, 0.5) is 0 Å². The molecule has 0 unspecified atom stereocenters. The predicted octanol–water partition coefficient (Wildman–Crippen LogP) is 5.47. The number of esters is 1. The quantitative estimate of drug-likeness (QED) is 0.489. The minimum absolute atomic E-state index is 0.199. The molecule has 3 rings (SSSR count). The molecule has 144 valence electrons. The van der Waals surface area contributed by atoms with Gasteiger partial charge in [-0.1, -0.05) is 42.5 Å². The fourth-order valence-electron chi connectivity index (χ4n) is 2.72. The van der Waals surface area contributed by atoms with Gasteiger partial charge < -0.3 is 14.2 Å². The molecule has 0 bridgehead atoms. The molecule has 0 radical (unpaired) electrons. The van der Waals surface area contributed by atoms with Crippen molar-refractivity contribution in [1.29, 1.82) is 0 Å². The van der Waals surface area contributed by atoms with Crippen LogP contribution in [0, 0.1) is 6.92 Å². The zero-order chi connectivity index (χ0) is 19.8. The maximum absolute atomic E-state index is 11.2. The average molecular weight is 376 g/mol. The first kappa shape index (κ1) is 19.5. The number of benzene rings is 3. The molecule has 0 aliphatic heterocycles. The van der Waals surface area contributed by atoms with E-state index < -0.39 is 0 Å². The minimum atomic E-state index is -0.199. The van der Waals surface area contributed by atoms with Crippen molar-refractivity contribution in [3.63, 3.8) is 0 Å². The van der Waals surface area contributed by atoms with Gasteiger partial charge in [0.15, 0.2) is 0 Å². The van der Waals surface area contributed by atoms with Crippen LogP contribution in [0.5, 0.6) is 17.2 Å². The third kappa shape index (κ3) is 5.61. The van der Waals surface area contributed by atoms with Crippen molar-refractivity contribution in [1.82, 2.24) is 0 Å². The molecule has 0 fully saturated rings. The lowest BCUT2D eigenvalue weighted by Gasteiger charge is -2.10. The van der Waals surface area contributed by atoms with Crippen molar-refractivity contribution in [2.75, 3.05) is 7.11 Å². The van der Waals surface area contributed by atoms with Crippen LogP contribution in [0.3, 0.4) is 0 Å². The first-order valence-electron chi connectivity index (χ1n) is 9.25. The molecule has 0 aliphatic carbocycles. The van der Waals surface area contributed by atoms with Crippen molar-refractivity contribution in [2.24, 2.45) is 0 Å². The number of methoxy groups -OCH3 is 1. The first-order chi connectivity index (χ1) is 13.6. The van der Waals surface area contributed by atoms with Crippen LogP contribution in [0.25, 0.3) is 0 Å². The SMILES string of the molecule is COC(=O)CCc1ccc(OCc2ccc(Oc3ccccc3C)cc2)cc1. The van der Waals surface area contributed by atoms with Crippen LogP contribution in [0.2, 0.25) is 0 Å². The molecule has 28 heavy (non-hydrogen) atoms. The molecular formula is C24H24O4. The zero-order valence-corrected chi connectivity index (χ0v) is 16.2. The summed E-state index contributed by atoms with van der Waals surface area (Å²) in [6, 6.07) is 23.6. The fourth-order valence-corrected chi connectivity index (χ4v) is 2.72. The van der Waals surface area contributed by atoms with E-state index in [2.05, 4.69) is 4.74 Å². The Balaban J connectivity index is 1.50. The molecule has 4 nitrogen and oxygen atoms in total. The van der Waals surface area contributed by atoms with E-state index in [-0.39, 0.29) is 5.97 Å². The summed E-state index contributed by atoms with van der Waals surface area (Å²) in [5.74, 6) is 2.25. The van der Waals surface area contributed by atoms with Crippen molar-refractivity contribution in [3.05, 3.63) is 89.5 Å². The van der Waals surface area contributed by atoms with Crippen molar-refractivity contribution >= 4 is 5.97 Å². The third-order valence-corrected chi connectivity index (χ3v) is 4.42. The van der Waals surface area contributed by atoms with E-state index in [0.29, 0.717) is 19.4 Å². The van der Waals surface area contributed by atoms with Crippen molar-refractivity contribution < 1.29 is 19.0 Å². The Hall–Kier alpha value is -3.27. The summed E-state index contributed by atoms with van der Waals surface area (Å²) < 4.78 is 16.4. The van der Waals surface area contributed by atoms with E-state index in [9.17, 15) is 4.79 Å². The number of aryl methyl sites for hydroxylation is 2. The summed E-state index contributed by atoms with van der Waals surface area (Å²) in [5, 5.41) is 0. The van der Waals surface area contributed by atoms with Gasteiger partial charge >= 0.3 is 5.97 Å². The minimum Gasteiger partial charge on any atom is -0.489 e. The molecule has 0 amide bonds. The molecule has 0 atom stereocenters. The predicted molar refractivity (Wildman–Crippen MR) is 109 cm³/mol. The van der Waals surface area contributed by atoms with Gasteiger partial charge in [-0.15, -0.1) is 0 Å². The molecule has 0 aliphatic rings. The zero-order valence-electron chi connectivity index (χ0n) is 16.2. The van der Waals surface area contributed by atoms with E-state index in [0.717, 1.165) is 33.9 Å². The number of ether oxygens (including phenoxy) is 3. The smallest absolute Gasteiger partial charge is 0.305 e. The Morgan fingerprint density at radius 3 is 2.14 bits per heavy atom. The van der Waals surface area contributed by atoms with E-state index in [4.69, 9.17) is 9.47 Å². The Morgan fingerprint density at radius 2 is 1.46 bits per heavy atom. The Morgan fingerprint density at radius 1 is 0.821 bits per heavy atom. The molecule has 0 spiro atoms. The second kappa shape index (κ2) is 9.60. The summed E-state index contributed by atoms with van der Waals surface area (Å²) >= 11 is 0. The maximum atomic E-state index is 11.2. The summed E-state index contributed by atoms with van der Waals surface area (Å²) in [6.45, 7) is 2.50. The fraction of sp³-hybridized carbons (Fsp3) is 0.208. The van der Waals surface area contributed by atoms with Gasteiger partial charge in [-0.2, -0.15) is 0 Å². The summed E-state index contributed by atoms with van der Waals surface area (Å²) in [7, 11) is 1.40. The molecule has 0 N–H and O–H groups in total. The summed E-state index contributed by atoms with van der Waals surface area (Å²) in [4.78, 5) is 11.2. The number of hydrogen-bond donors (Lipinski definition) is 0. The third-order valence-electron chi connectivity index (χ3n) is 4.42. The highest BCUT2D eigenvalue weighted by molar-refractivity contribution is 5.69. The molecule has 4 heteroatoms. The van der Waals surface area contributed by atoms with Crippen LogP contribution in [-0.4, -0.2) is 13.1 Å². The average Bonchev–Trinajstić information content (AvgIpc) is 2.74. The van der Waals surface area contributed by atoms with Crippen LogP contribution < -0.4 is 9.47 Å². The number of hydrogen-bond acceptors (Lipinski definition) is 4. The number of rotatable bonds is 8. The van der Waals surface area contributed by atoms with E-state index in [1.54, 1.807) is 0 Å². The van der Waals surface area contributed by atoms with Gasteiger partial charge in [-0.3, -0.25) is 4.79 Å². The van der Waals surface area contributed by atoms with Crippen LogP contribution in [0.15, 0.2) is 72.8 Å². The molecule has 0 heterocycles. The van der Waals surface area contributed by atoms with Crippen LogP contribution in [0.1, 0.15) is 23.1 Å². The standard InChI is InChI=1S/C24H24O4/c1-18-5-3-4-6-23(18)28-22-14-9-20(10-15-22)17-27-21-12-7-19(8-13-21)11-16-24(25)26-2/h3-10,12-15H,11,16-17H2,1-2H3. The van der Waals surface area contributed by atoms with E-state index in [1.165, 1.54) is 7.11 Å². The number of carbonyl (C=O) groups is 1. The largest absolute Gasteiger partial charge is 0.489 e. The highest BCUT2D eigenvalue weighted by Gasteiger charge is 2.03. The first-order valence-corrected chi connectivity index (χ1v) is 9.25. The normalized spacial score (nSPS) is 10.4. The van der Waals surface area contributed by atoms with Gasteiger partial charge in [-0.05, 0) is 60.4 Å². The van der Waals surface area contributed by atoms with Gasteiger partial charge in [0.05, 0.1) is 7.11 Å². The maximum Gasteiger partial charge on any atom is 0.305 e. The lowest BCUT2D eigenvalue weighted by molar-refractivity contribution is -0.140. The van der Waals surface area contributed by atoms with Gasteiger partial charge in [0.2, 0.25) is 0 Å². The molecule has 3 aromatic rings. The van der Waals surface area contributed by atoms with Gasteiger partial charge in [0.1, 0.15) is 23.9 Å². The molecule has 0 aromatic heterocycles.